The van der Waals surface area contributed by atoms with Crippen molar-refractivity contribution in [1.82, 2.24) is 5.43 Å². The number of ether oxygens (including phenoxy) is 2. The SMILES string of the molecule is COc1ccc(/C=N\NC(=O)C(=O)Nc2ccc(C)c(Cl)c2)c(OC)c1. The molecule has 0 aliphatic heterocycles. The molecular formula is C18H18ClN3O4. The highest BCUT2D eigenvalue weighted by molar-refractivity contribution is 6.39. The van der Waals surface area contributed by atoms with Crippen LogP contribution in [0.25, 0.3) is 0 Å². The number of rotatable bonds is 5. The maximum atomic E-state index is 11.9. The number of carbonyl (C=O) groups excluding carboxylic acids is 2. The predicted molar refractivity (Wildman–Crippen MR) is 100 cm³/mol. The van der Waals surface area contributed by atoms with Crippen molar-refractivity contribution < 1.29 is 19.1 Å². The van der Waals surface area contributed by atoms with Crippen molar-refractivity contribution in [2.75, 3.05) is 19.5 Å². The van der Waals surface area contributed by atoms with E-state index in [1.54, 1.807) is 43.5 Å². The van der Waals surface area contributed by atoms with Gasteiger partial charge in [0.25, 0.3) is 0 Å². The highest BCUT2D eigenvalue weighted by Crippen LogP contribution is 2.23. The van der Waals surface area contributed by atoms with Crippen LogP contribution in [0.2, 0.25) is 5.02 Å². The fourth-order valence-electron chi connectivity index (χ4n) is 1.99. The minimum absolute atomic E-state index is 0.418. The molecule has 136 valence electrons. The van der Waals surface area contributed by atoms with E-state index in [2.05, 4.69) is 15.8 Å². The molecule has 0 saturated heterocycles. The summed E-state index contributed by atoms with van der Waals surface area (Å²) in [6.45, 7) is 1.84. The Morgan fingerprint density at radius 2 is 1.85 bits per heavy atom. The molecule has 0 unspecified atom stereocenters. The van der Waals surface area contributed by atoms with Gasteiger partial charge in [0.15, 0.2) is 0 Å². The molecule has 26 heavy (non-hydrogen) atoms. The van der Waals surface area contributed by atoms with Gasteiger partial charge in [-0.05, 0) is 36.8 Å². The van der Waals surface area contributed by atoms with Gasteiger partial charge in [-0.15, -0.1) is 0 Å². The number of aryl methyl sites for hydroxylation is 1. The summed E-state index contributed by atoms with van der Waals surface area (Å²) in [6, 6.07) is 10.1. The lowest BCUT2D eigenvalue weighted by atomic mass is 10.2. The van der Waals surface area contributed by atoms with E-state index >= 15 is 0 Å². The van der Waals surface area contributed by atoms with E-state index in [4.69, 9.17) is 21.1 Å². The van der Waals surface area contributed by atoms with E-state index in [1.807, 2.05) is 6.92 Å². The number of nitrogens with zero attached hydrogens (tertiary/aromatic N) is 1. The Morgan fingerprint density at radius 3 is 2.50 bits per heavy atom. The van der Waals surface area contributed by atoms with Crippen LogP contribution in [-0.2, 0) is 9.59 Å². The number of hydrogen-bond donors (Lipinski definition) is 2. The maximum absolute atomic E-state index is 11.9. The minimum Gasteiger partial charge on any atom is -0.497 e. The number of nitrogens with one attached hydrogen (secondary N) is 2. The van der Waals surface area contributed by atoms with Crippen molar-refractivity contribution in [2.24, 2.45) is 5.10 Å². The lowest BCUT2D eigenvalue weighted by molar-refractivity contribution is -0.136. The molecule has 0 bridgehead atoms. The molecule has 2 amide bonds. The summed E-state index contributed by atoms with van der Waals surface area (Å²) in [7, 11) is 3.05. The first-order chi connectivity index (χ1) is 12.4. The monoisotopic (exact) mass is 375 g/mol. The van der Waals surface area contributed by atoms with Gasteiger partial charge in [-0.2, -0.15) is 5.10 Å². The van der Waals surface area contributed by atoms with Crippen LogP contribution in [0.4, 0.5) is 5.69 Å². The third-order valence-electron chi connectivity index (χ3n) is 3.45. The zero-order valence-corrected chi connectivity index (χ0v) is 15.3. The number of hydrogen-bond acceptors (Lipinski definition) is 5. The summed E-state index contributed by atoms with van der Waals surface area (Å²) >= 11 is 5.98. The summed E-state index contributed by atoms with van der Waals surface area (Å²) in [5.41, 5.74) is 4.05. The molecule has 0 aliphatic rings. The number of methoxy groups -OCH3 is 2. The molecule has 0 aromatic heterocycles. The summed E-state index contributed by atoms with van der Waals surface area (Å²) in [5, 5.41) is 6.71. The standard InChI is InChI=1S/C18H18ClN3O4/c1-11-4-6-13(8-15(11)19)21-17(23)18(24)22-20-10-12-5-7-14(25-2)9-16(12)26-3/h4-10H,1-3H3,(H,21,23)(H,22,24)/b20-10-. The van der Waals surface area contributed by atoms with Crippen LogP contribution >= 0.6 is 11.6 Å². The third kappa shape index (κ3) is 4.97. The summed E-state index contributed by atoms with van der Waals surface area (Å²) in [5.74, 6) is -0.630. The molecule has 0 saturated carbocycles. The first-order valence-electron chi connectivity index (χ1n) is 7.57. The van der Waals surface area contributed by atoms with Crippen LogP contribution in [0.15, 0.2) is 41.5 Å². The quantitative estimate of drug-likeness (QED) is 0.477. The van der Waals surface area contributed by atoms with E-state index < -0.39 is 11.8 Å². The second-order valence-electron chi connectivity index (χ2n) is 5.23. The van der Waals surface area contributed by atoms with Gasteiger partial charge in [-0.25, -0.2) is 5.43 Å². The van der Waals surface area contributed by atoms with Gasteiger partial charge in [-0.3, -0.25) is 9.59 Å². The van der Waals surface area contributed by atoms with Gasteiger partial charge in [0.05, 0.1) is 20.4 Å². The highest BCUT2D eigenvalue weighted by Gasteiger charge is 2.13. The van der Waals surface area contributed by atoms with E-state index in [1.165, 1.54) is 13.3 Å². The largest absolute Gasteiger partial charge is 0.497 e. The molecule has 2 N–H and O–H groups in total. The number of benzene rings is 2. The second-order valence-corrected chi connectivity index (χ2v) is 5.63. The molecule has 0 fully saturated rings. The van der Waals surface area contributed by atoms with Crippen molar-refractivity contribution in [3.63, 3.8) is 0 Å². The van der Waals surface area contributed by atoms with Crippen LogP contribution in [0.3, 0.4) is 0 Å². The molecule has 0 atom stereocenters. The molecule has 0 radical (unpaired) electrons. The zero-order chi connectivity index (χ0) is 19.1. The van der Waals surface area contributed by atoms with Crippen molar-refractivity contribution in [3.05, 3.63) is 52.5 Å². The highest BCUT2D eigenvalue weighted by atomic mass is 35.5. The zero-order valence-electron chi connectivity index (χ0n) is 14.5. The van der Waals surface area contributed by atoms with Crippen molar-refractivity contribution >= 4 is 35.3 Å². The Morgan fingerprint density at radius 1 is 1.08 bits per heavy atom. The normalized spacial score (nSPS) is 10.5. The van der Waals surface area contributed by atoms with Crippen LogP contribution in [0, 0.1) is 6.92 Å². The number of carbonyl (C=O) groups is 2. The van der Waals surface area contributed by atoms with Crippen molar-refractivity contribution in [2.45, 2.75) is 6.92 Å². The molecular weight excluding hydrogens is 358 g/mol. The number of halogens is 1. The minimum atomic E-state index is -0.912. The lowest BCUT2D eigenvalue weighted by Gasteiger charge is -2.07. The fraction of sp³-hybridized carbons (Fsp3) is 0.167. The Kier molecular flexibility index (Phi) is 6.57. The molecule has 2 aromatic rings. The summed E-state index contributed by atoms with van der Waals surface area (Å²) in [4.78, 5) is 23.7. The number of anilines is 1. The van der Waals surface area contributed by atoms with Gasteiger partial charge in [-0.1, -0.05) is 17.7 Å². The molecule has 8 heteroatoms. The van der Waals surface area contributed by atoms with E-state index in [-0.39, 0.29) is 0 Å². The van der Waals surface area contributed by atoms with Crippen molar-refractivity contribution in [1.29, 1.82) is 0 Å². The average molecular weight is 376 g/mol. The molecule has 0 spiro atoms. The predicted octanol–water partition coefficient (Wildman–Crippen LogP) is 2.75. The average Bonchev–Trinajstić information content (AvgIpc) is 2.64. The van der Waals surface area contributed by atoms with Gasteiger partial charge < -0.3 is 14.8 Å². The Balaban J connectivity index is 1.98. The van der Waals surface area contributed by atoms with Crippen LogP contribution in [-0.4, -0.2) is 32.2 Å². The van der Waals surface area contributed by atoms with Crippen molar-refractivity contribution in [3.8, 4) is 11.5 Å². The summed E-state index contributed by atoms with van der Waals surface area (Å²) < 4.78 is 10.3. The van der Waals surface area contributed by atoms with Crippen LogP contribution in [0.5, 0.6) is 11.5 Å². The Bertz CT molecular complexity index is 852. The topological polar surface area (TPSA) is 89.0 Å². The van der Waals surface area contributed by atoms with Crippen LogP contribution in [0.1, 0.15) is 11.1 Å². The van der Waals surface area contributed by atoms with E-state index in [0.29, 0.717) is 27.8 Å². The van der Waals surface area contributed by atoms with Crippen LogP contribution < -0.4 is 20.2 Å². The maximum Gasteiger partial charge on any atom is 0.329 e. The fourth-order valence-corrected chi connectivity index (χ4v) is 2.18. The summed E-state index contributed by atoms with van der Waals surface area (Å²) in [6.07, 6.45) is 1.37. The van der Waals surface area contributed by atoms with Gasteiger partial charge in [0, 0.05) is 22.3 Å². The van der Waals surface area contributed by atoms with Gasteiger partial charge >= 0.3 is 11.8 Å². The number of amides is 2. The van der Waals surface area contributed by atoms with E-state index in [0.717, 1.165) is 5.56 Å². The molecule has 7 nitrogen and oxygen atoms in total. The Labute approximate surface area is 155 Å². The first-order valence-corrected chi connectivity index (χ1v) is 7.95. The Hall–Kier alpha value is -3.06. The molecule has 2 rings (SSSR count). The van der Waals surface area contributed by atoms with Gasteiger partial charge in [0.2, 0.25) is 0 Å². The van der Waals surface area contributed by atoms with Gasteiger partial charge in [0.1, 0.15) is 11.5 Å². The molecule has 2 aromatic carbocycles. The van der Waals surface area contributed by atoms with E-state index in [9.17, 15) is 9.59 Å². The number of hydrazone groups is 1. The third-order valence-corrected chi connectivity index (χ3v) is 3.85. The lowest BCUT2D eigenvalue weighted by Crippen LogP contribution is -2.32. The smallest absolute Gasteiger partial charge is 0.329 e. The second kappa shape index (κ2) is 8.87. The molecule has 0 heterocycles. The molecule has 0 aliphatic carbocycles. The first kappa shape index (κ1) is 19.3.